The molecule has 2 aromatic rings. The molecule has 1 fully saturated rings. The monoisotopic (exact) mass is 412 g/mol. The van der Waals surface area contributed by atoms with Gasteiger partial charge in [0.15, 0.2) is 5.96 Å². The van der Waals surface area contributed by atoms with Crippen LogP contribution in [0.5, 0.6) is 0 Å². The van der Waals surface area contributed by atoms with Crippen LogP contribution in [0, 0.1) is 0 Å². The van der Waals surface area contributed by atoms with Crippen molar-refractivity contribution in [1.82, 2.24) is 25.8 Å². The van der Waals surface area contributed by atoms with Gasteiger partial charge in [0.25, 0.3) is 5.91 Å². The molecule has 0 aromatic carbocycles. The van der Waals surface area contributed by atoms with E-state index in [-0.39, 0.29) is 11.9 Å². The maximum absolute atomic E-state index is 12.1. The predicted molar refractivity (Wildman–Crippen MR) is 117 cm³/mol. The summed E-state index contributed by atoms with van der Waals surface area (Å²) >= 11 is 0. The number of hydrogen-bond acceptors (Lipinski definition) is 5. The molecule has 0 bridgehead atoms. The van der Waals surface area contributed by atoms with Gasteiger partial charge < -0.3 is 20.4 Å². The molecule has 1 unspecified atom stereocenters. The van der Waals surface area contributed by atoms with E-state index in [4.69, 9.17) is 9.41 Å². The number of guanidine groups is 1. The minimum absolute atomic E-state index is 0.130. The number of likely N-dealkylation sites (tertiary alicyclic amines) is 1. The fraction of sp³-hybridized carbons (Fsp3) is 0.500. The Balaban J connectivity index is 1.52. The summed E-state index contributed by atoms with van der Waals surface area (Å²) in [7, 11) is 0. The van der Waals surface area contributed by atoms with Gasteiger partial charge in [-0.15, -0.1) is 0 Å². The predicted octanol–water partition coefficient (Wildman–Crippen LogP) is 2.19. The van der Waals surface area contributed by atoms with E-state index in [1.54, 1.807) is 30.8 Å². The number of rotatable bonds is 9. The van der Waals surface area contributed by atoms with Gasteiger partial charge in [-0.05, 0) is 57.1 Å². The quantitative estimate of drug-likeness (QED) is 0.332. The molecular weight excluding hydrogens is 380 g/mol. The Hall–Kier alpha value is -2.87. The molecule has 3 N–H and O–H groups in total. The second kappa shape index (κ2) is 12.0. The van der Waals surface area contributed by atoms with Crippen LogP contribution in [-0.2, 0) is 0 Å². The van der Waals surface area contributed by atoms with Gasteiger partial charge >= 0.3 is 0 Å². The molecule has 30 heavy (non-hydrogen) atoms. The van der Waals surface area contributed by atoms with Crippen LogP contribution in [-0.4, -0.2) is 61.0 Å². The molecule has 3 heterocycles. The number of hydrogen-bond donors (Lipinski definition) is 3. The molecule has 162 valence electrons. The lowest BCUT2D eigenvalue weighted by molar-refractivity contribution is 0.0954. The van der Waals surface area contributed by atoms with Gasteiger partial charge in [0.1, 0.15) is 5.76 Å². The van der Waals surface area contributed by atoms with Crippen LogP contribution in [0.1, 0.15) is 48.3 Å². The third-order valence-electron chi connectivity index (χ3n) is 5.10. The van der Waals surface area contributed by atoms with E-state index in [1.807, 2.05) is 19.1 Å². The number of furan rings is 1. The van der Waals surface area contributed by atoms with Gasteiger partial charge in [0, 0.05) is 32.0 Å². The van der Waals surface area contributed by atoms with Gasteiger partial charge in [-0.3, -0.25) is 19.7 Å². The molecule has 2 aromatic heterocycles. The van der Waals surface area contributed by atoms with Crippen molar-refractivity contribution < 1.29 is 9.21 Å². The van der Waals surface area contributed by atoms with Gasteiger partial charge in [-0.25, -0.2) is 0 Å². The Morgan fingerprint density at radius 2 is 2.00 bits per heavy atom. The van der Waals surface area contributed by atoms with E-state index in [0.717, 1.165) is 31.4 Å². The zero-order valence-electron chi connectivity index (χ0n) is 17.6. The lowest BCUT2D eigenvalue weighted by Gasteiger charge is -2.32. The van der Waals surface area contributed by atoms with Crippen LogP contribution in [0.4, 0.5) is 0 Å². The Labute approximate surface area is 178 Å². The van der Waals surface area contributed by atoms with E-state index in [2.05, 4.69) is 25.8 Å². The highest BCUT2D eigenvalue weighted by molar-refractivity contribution is 5.93. The largest absolute Gasteiger partial charge is 0.468 e. The Bertz CT molecular complexity index is 772. The van der Waals surface area contributed by atoms with Crippen molar-refractivity contribution in [2.24, 2.45) is 4.99 Å². The molecule has 0 saturated carbocycles. The van der Waals surface area contributed by atoms with Gasteiger partial charge in [-0.1, -0.05) is 6.42 Å². The summed E-state index contributed by atoms with van der Waals surface area (Å²) < 4.78 is 5.70. The lowest BCUT2D eigenvalue weighted by atomic mass is 10.1. The second-order valence-electron chi connectivity index (χ2n) is 7.27. The molecule has 0 aliphatic carbocycles. The van der Waals surface area contributed by atoms with Crippen molar-refractivity contribution in [2.45, 2.75) is 32.2 Å². The summed E-state index contributed by atoms with van der Waals surface area (Å²) in [6.45, 7) is 6.64. The average Bonchev–Trinajstić information content (AvgIpc) is 3.32. The Morgan fingerprint density at radius 3 is 2.70 bits per heavy atom. The molecule has 3 rings (SSSR count). The smallest absolute Gasteiger partial charge is 0.252 e. The fourth-order valence-electron chi connectivity index (χ4n) is 3.57. The van der Waals surface area contributed by atoms with Gasteiger partial charge in [-0.2, -0.15) is 0 Å². The first-order valence-corrected chi connectivity index (χ1v) is 10.8. The minimum atomic E-state index is -0.130. The van der Waals surface area contributed by atoms with Crippen molar-refractivity contribution in [3.63, 3.8) is 0 Å². The first-order chi connectivity index (χ1) is 14.8. The minimum Gasteiger partial charge on any atom is -0.468 e. The number of nitrogens with one attached hydrogen (secondary N) is 3. The molecular formula is C22H32N6O2. The number of aliphatic imine (C=N–C) groups is 1. The molecule has 8 nitrogen and oxygen atoms in total. The number of aromatic nitrogens is 1. The fourth-order valence-corrected chi connectivity index (χ4v) is 3.57. The van der Waals surface area contributed by atoms with Crippen molar-refractivity contribution >= 4 is 11.9 Å². The highest BCUT2D eigenvalue weighted by Crippen LogP contribution is 2.25. The van der Waals surface area contributed by atoms with Crippen LogP contribution in [0.15, 0.2) is 52.3 Å². The molecule has 0 spiro atoms. The lowest BCUT2D eigenvalue weighted by Crippen LogP contribution is -2.42. The van der Waals surface area contributed by atoms with E-state index < -0.39 is 0 Å². The standard InChI is InChI=1S/C22H32N6O2/c1-2-24-22(26-12-11-25-21(29)18-8-6-10-23-16-18)27-17-19(20-9-7-15-30-20)28-13-4-3-5-14-28/h6-10,15-16,19H,2-5,11-14,17H2,1H3,(H,25,29)(H2,24,26,27). The SMILES string of the molecule is CCNC(=NCC(c1ccco1)N1CCCCC1)NCCNC(=O)c1cccnc1. The second-order valence-corrected chi connectivity index (χ2v) is 7.27. The van der Waals surface area contributed by atoms with Gasteiger partial charge in [0.2, 0.25) is 0 Å². The number of piperidine rings is 1. The Morgan fingerprint density at radius 1 is 1.17 bits per heavy atom. The molecule has 1 aliphatic heterocycles. The van der Waals surface area contributed by atoms with E-state index in [9.17, 15) is 4.79 Å². The number of amides is 1. The van der Waals surface area contributed by atoms with Crippen LogP contribution >= 0.6 is 0 Å². The first-order valence-electron chi connectivity index (χ1n) is 10.8. The third kappa shape index (κ3) is 6.59. The molecule has 8 heteroatoms. The first kappa shape index (κ1) is 21.8. The van der Waals surface area contributed by atoms with E-state index in [1.165, 1.54) is 19.3 Å². The van der Waals surface area contributed by atoms with Crippen molar-refractivity contribution in [3.8, 4) is 0 Å². The summed E-state index contributed by atoms with van der Waals surface area (Å²) in [6, 6.07) is 7.60. The zero-order valence-corrected chi connectivity index (χ0v) is 17.6. The summed E-state index contributed by atoms with van der Waals surface area (Å²) in [4.78, 5) is 23.3. The maximum atomic E-state index is 12.1. The number of carbonyl (C=O) groups is 1. The van der Waals surface area contributed by atoms with Crippen LogP contribution in [0.3, 0.4) is 0 Å². The van der Waals surface area contributed by atoms with Gasteiger partial charge in [0.05, 0.1) is 24.4 Å². The molecule has 0 radical (unpaired) electrons. The highest BCUT2D eigenvalue weighted by atomic mass is 16.3. The summed E-state index contributed by atoms with van der Waals surface area (Å²) in [5.41, 5.74) is 0.556. The normalized spacial score (nSPS) is 16.1. The molecule has 1 atom stereocenters. The van der Waals surface area contributed by atoms with Crippen LogP contribution < -0.4 is 16.0 Å². The maximum Gasteiger partial charge on any atom is 0.252 e. The zero-order chi connectivity index (χ0) is 21.0. The number of nitrogens with zero attached hydrogens (tertiary/aromatic N) is 3. The topological polar surface area (TPSA) is 94.8 Å². The summed E-state index contributed by atoms with van der Waals surface area (Å²) in [5.74, 6) is 1.57. The average molecular weight is 413 g/mol. The number of carbonyl (C=O) groups excluding carboxylic acids is 1. The molecule has 1 saturated heterocycles. The van der Waals surface area contributed by atoms with Crippen molar-refractivity contribution in [3.05, 3.63) is 54.2 Å². The molecule has 1 aliphatic rings. The van der Waals surface area contributed by atoms with E-state index in [0.29, 0.717) is 25.2 Å². The third-order valence-corrected chi connectivity index (χ3v) is 5.10. The van der Waals surface area contributed by atoms with Crippen LogP contribution in [0.2, 0.25) is 0 Å². The summed E-state index contributed by atoms with van der Waals surface area (Å²) in [6.07, 6.45) is 8.66. The van der Waals surface area contributed by atoms with Crippen molar-refractivity contribution in [1.29, 1.82) is 0 Å². The molecule has 1 amide bonds. The van der Waals surface area contributed by atoms with Crippen LogP contribution in [0.25, 0.3) is 0 Å². The van der Waals surface area contributed by atoms with Crippen molar-refractivity contribution in [2.75, 3.05) is 39.3 Å². The summed E-state index contributed by atoms with van der Waals surface area (Å²) in [5, 5.41) is 9.45. The Kier molecular flexibility index (Phi) is 8.71. The van der Waals surface area contributed by atoms with E-state index >= 15 is 0 Å². The number of pyridine rings is 1. The highest BCUT2D eigenvalue weighted by Gasteiger charge is 2.24.